The average Bonchev–Trinajstić information content (AvgIpc) is 2.57. The molecule has 6 heteroatoms. The number of aryl methyl sites for hydroxylation is 1. The zero-order valence-corrected chi connectivity index (χ0v) is 14.4. The molecule has 2 aromatic carbocycles. The van der Waals surface area contributed by atoms with Crippen molar-refractivity contribution >= 4 is 21.7 Å². The van der Waals surface area contributed by atoms with E-state index in [0.717, 1.165) is 15.9 Å². The molecule has 0 fully saturated rings. The molecule has 0 radical (unpaired) electrons. The molecule has 0 heterocycles. The lowest BCUT2D eigenvalue weighted by atomic mass is 10.2. The molecule has 2 rings (SSSR count). The van der Waals surface area contributed by atoms with E-state index >= 15 is 0 Å². The van der Waals surface area contributed by atoms with E-state index in [-0.39, 0.29) is 11.5 Å². The van der Waals surface area contributed by atoms with Gasteiger partial charge in [0.15, 0.2) is 0 Å². The Morgan fingerprint density at radius 2 is 1.71 bits per heavy atom. The van der Waals surface area contributed by atoms with Gasteiger partial charge in [0, 0.05) is 12.3 Å². The summed E-state index contributed by atoms with van der Waals surface area (Å²) >= 11 is 0. The van der Waals surface area contributed by atoms with Crippen molar-refractivity contribution in [3.05, 3.63) is 72.4 Å². The minimum Gasteiger partial charge on any atom is -0.463 e. The second kappa shape index (κ2) is 7.79. The van der Waals surface area contributed by atoms with Gasteiger partial charge in [0.2, 0.25) is 0 Å². The Bertz CT molecular complexity index is 812. The molecule has 24 heavy (non-hydrogen) atoms. The molecule has 0 spiro atoms. The number of hydrogen-bond acceptors (Lipinski definition) is 4. The largest absolute Gasteiger partial charge is 0.463 e. The van der Waals surface area contributed by atoms with Gasteiger partial charge >= 0.3 is 5.97 Å². The molecule has 0 aromatic heterocycles. The second-order valence-electron chi connectivity index (χ2n) is 5.02. The van der Waals surface area contributed by atoms with Crippen molar-refractivity contribution in [3.63, 3.8) is 0 Å². The van der Waals surface area contributed by atoms with Crippen molar-refractivity contribution in [2.45, 2.75) is 18.7 Å². The Balaban J connectivity index is 2.46. The first-order valence-electron chi connectivity index (χ1n) is 7.46. The number of nitrogens with zero attached hydrogens (tertiary/aromatic N) is 1. The predicted molar refractivity (Wildman–Crippen MR) is 93.1 cm³/mol. The van der Waals surface area contributed by atoms with Crippen LogP contribution in [-0.4, -0.2) is 21.0 Å². The number of anilines is 1. The average molecular weight is 345 g/mol. The van der Waals surface area contributed by atoms with Crippen molar-refractivity contribution in [2.24, 2.45) is 0 Å². The summed E-state index contributed by atoms with van der Waals surface area (Å²) in [6.07, 6.45) is 2.31. The van der Waals surface area contributed by atoms with Crippen molar-refractivity contribution in [2.75, 3.05) is 10.9 Å². The van der Waals surface area contributed by atoms with Crippen LogP contribution >= 0.6 is 0 Å². The third kappa shape index (κ3) is 4.23. The molecule has 0 aliphatic carbocycles. The number of carbonyl (C=O) groups excluding carboxylic acids is 1. The van der Waals surface area contributed by atoms with E-state index in [1.165, 1.54) is 18.3 Å². The third-order valence-corrected chi connectivity index (χ3v) is 4.94. The third-order valence-electron chi connectivity index (χ3n) is 3.22. The minimum absolute atomic E-state index is 0.138. The standard InChI is InChI=1S/C18H19NO4S/c1-3-23-18(20)13-14-19(16-11-9-15(2)10-12-16)24(21,22)17-7-5-4-6-8-17/h4-14H,3H2,1-2H3/b14-13+. The highest BCUT2D eigenvalue weighted by atomic mass is 32.2. The minimum atomic E-state index is -3.84. The number of rotatable bonds is 6. The summed E-state index contributed by atoms with van der Waals surface area (Å²) in [6.45, 7) is 3.82. The molecule has 2 aromatic rings. The lowest BCUT2D eigenvalue weighted by Crippen LogP contribution is -2.26. The van der Waals surface area contributed by atoms with Crippen molar-refractivity contribution in [1.82, 2.24) is 0 Å². The highest BCUT2D eigenvalue weighted by molar-refractivity contribution is 7.93. The molecule has 0 saturated heterocycles. The molecular formula is C18H19NO4S. The molecule has 0 saturated carbocycles. The Kier molecular flexibility index (Phi) is 5.76. The molecule has 5 nitrogen and oxygen atoms in total. The van der Waals surface area contributed by atoms with Crippen molar-refractivity contribution < 1.29 is 17.9 Å². The summed E-state index contributed by atoms with van der Waals surface area (Å²) in [4.78, 5) is 11.7. The lowest BCUT2D eigenvalue weighted by molar-refractivity contribution is -0.137. The van der Waals surface area contributed by atoms with Crippen LogP contribution in [0.25, 0.3) is 0 Å². The summed E-state index contributed by atoms with van der Waals surface area (Å²) < 4.78 is 31.7. The summed E-state index contributed by atoms with van der Waals surface area (Å²) in [5.74, 6) is -0.599. The lowest BCUT2D eigenvalue weighted by Gasteiger charge is -2.20. The predicted octanol–water partition coefficient (Wildman–Crippen LogP) is 3.27. The fourth-order valence-electron chi connectivity index (χ4n) is 2.02. The zero-order chi connectivity index (χ0) is 17.6. The van der Waals surface area contributed by atoms with E-state index in [4.69, 9.17) is 4.74 Å². The normalized spacial score (nSPS) is 11.4. The van der Waals surface area contributed by atoms with Crippen LogP contribution in [0.4, 0.5) is 5.69 Å². The van der Waals surface area contributed by atoms with Gasteiger partial charge in [0.05, 0.1) is 17.2 Å². The summed E-state index contributed by atoms with van der Waals surface area (Å²) in [5, 5.41) is 0. The van der Waals surface area contributed by atoms with Crippen LogP contribution in [0, 0.1) is 6.92 Å². The zero-order valence-electron chi connectivity index (χ0n) is 13.5. The van der Waals surface area contributed by atoms with Gasteiger partial charge < -0.3 is 4.74 Å². The number of benzene rings is 2. The Morgan fingerprint density at radius 3 is 2.29 bits per heavy atom. The molecule has 0 bridgehead atoms. The van der Waals surface area contributed by atoms with E-state index in [9.17, 15) is 13.2 Å². The Hall–Kier alpha value is -2.60. The smallest absolute Gasteiger partial charge is 0.332 e. The van der Waals surface area contributed by atoms with E-state index in [1.54, 1.807) is 49.4 Å². The summed E-state index contributed by atoms with van der Waals surface area (Å²) in [6, 6.07) is 15.0. The molecular weight excluding hydrogens is 326 g/mol. The molecule has 0 N–H and O–H groups in total. The maximum absolute atomic E-state index is 12.9. The van der Waals surface area contributed by atoms with E-state index < -0.39 is 16.0 Å². The van der Waals surface area contributed by atoms with Crippen LogP contribution in [0.15, 0.2) is 71.8 Å². The topological polar surface area (TPSA) is 63.7 Å². The van der Waals surface area contributed by atoms with Gasteiger partial charge in [-0.05, 0) is 38.1 Å². The summed E-state index contributed by atoms with van der Waals surface area (Å²) in [7, 11) is -3.84. The summed E-state index contributed by atoms with van der Waals surface area (Å²) in [5.41, 5.74) is 1.44. The van der Waals surface area contributed by atoms with Crippen LogP contribution in [0.5, 0.6) is 0 Å². The first-order chi connectivity index (χ1) is 11.4. The van der Waals surface area contributed by atoms with Crippen molar-refractivity contribution in [1.29, 1.82) is 0 Å². The number of sulfonamides is 1. The highest BCUT2D eigenvalue weighted by Crippen LogP contribution is 2.24. The van der Waals surface area contributed by atoms with Crippen LogP contribution in [0.1, 0.15) is 12.5 Å². The van der Waals surface area contributed by atoms with Crippen LogP contribution in [0.3, 0.4) is 0 Å². The number of ether oxygens (including phenoxy) is 1. The number of carbonyl (C=O) groups is 1. The molecule has 0 unspecified atom stereocenters. The first-order valence-corrected chi connectivity index (χ1v) is 8.90. The fourth-order valence-corrected chi connectivity index (χ4v) is 3.37. The monoisotopic (exact) mass is 345 g/mol. The Labute approximate surface area is 142 Å². The second-order valence-corrected chi connectivity index (χ2v) is 6.83. The van der Waals surface area contributed by atoms with Gasteiger partial charge in [0.25, 0.3) is 10.0 Å². The van der Waals surface area contributed by atoms with Crippen LogP contribution in [-0.2, 0) is 19.6 Å². The van der Waals surface area contributed by atoms with E-state index in [1.807, 2.05) is 6.92 Å². The number of esters is 1. The highest BCUT2D eigenvalue weighted by Gasteiger charge is 2.23. The van der Waals surface area contributed by atoms with Gasteiger partial charge in [-0.15, -0.1) is 0 Å². The number of hydrogen-bond donors (Lipinski definition) is 0. The van der Waals surface area contributed by atoms with Gasteiger partial charge in [-0.2, -0.15) is 0 Å². The maximum Gasteiger partial charge on any atom is 0.332 e. The fraction of sp³-hybridized carbons (Fsp3) is 0.167. The molecule has 0 atom stereocenters. The first kappa shape index (κ1) is 17.7. The molecule has 0 aliphatic heterocycles. The van der Waals surface area contributed by atoms with Crippen LogP contribution in [0.2, 0.25) is 0 Å². The van der Waals surface area contributed by atoms with Crippen LogP contribution < -0.4 is 4.31 Å². The van der Waals surface area contributed by atoms with E-state index in [0.29, 0.717) is 5.69 Å². The molecule has 0 aliphatic rings. The van der Waals surface area contributed by atoms with Crippen molar-refractivity contribution in [3.8, 4) is 0 Å². The molecule has 126 valence electrons. The van der Waals surface area contributed by atoms with E-state index in [2.05, 4.69) is 0 Å². The quantitative estimate of drug-likeness (QED) is 0.595. The SMILES string of the molecule is CCOC(=O)/C=C/N(c1ccc(C)cc1)S(=O)(=O)c1ccccc1. The van der Waals surface area contributed by atoms with Gasteiger partial charge in [-0.3, -0.25) is 0 Å². The van der Waals surface area contributed by atoms with Gasteiger partial charge in [0.1, 0.15) is 0 Å². The van der Waals surface area contributed by atoms with Gasteiger partial charge in [-0.25, -0.2) is 17.5 Å². The maximum atomic E-state index is 12.9. The molecule has 0 amide bonds. The Morgan fingerprint density at radius 1 is 1.08 bits per heavy atom. The van der Waals surface area contributed by atoms with Gasteiger partial charge in [-0.1, -0.05) is 35.9 Å².